The van der Waals surface area contributed by atoms with Crippen LogP contribution in [0.15, 0.2) is 46.9 Å². The summed E-state index contributed by atoms with van der Waals surface area (Å²) in [5.41, 5.74) is 7.77. The zero-order valence-corrected chi connectivity index (χ0v) is 20.0. The van der Waals surface area contributed by atoms with Crippen LogP contribution >= 0.6 is 15.9 Å². The molecule has 0 saturated heterocycles. The number of carbonyl (C=O) groups is 1. The highest BCUT2D eigenvalue weighted by atomic mass is 79.9. The average Bonchev–Trinajstić information content (AvgIpc) is 3.18. The van der Waals surface area contributed by atoms with E-state index >= 15 is 0 Å². The Balaban J connectivity index is 2.02. The topological polar surface area (TPSA) is 136 Å². The molecule has 3 rings (SSSR count). The molecular formula is C24H20BrN5O4. The number of hydrogen-bond acceptors (Lipinski definition) is 8. The summed E-state index contributed by atoms with van der Waals surface area (Å²) in [6.45, 7) is 1.66. The van der Waals surface area contributed by atoms with E-state index in [-0.39, 0.29) is 35.9 Å². The van der Waals surface area contributed by atoms with Crippen LogP contribution in [0.3, 0.4) is 0 Å². The van der Waals surface area contributed by atoms with Crippen LogP contribution in [-0.2, 0) is 9.53 Å². The van der Waals surface area contributed by atoms with Crippen LogP contribution in [0.5, 0.6) is 11.5 Å². The molecule has 0 saturated carbocycles. The molecule has 2 N–H and O–H groups in total. The number of halogens is 1. The number of rotatable bonds is 8. The number of anilines is 1. The van der Waals surface area contributed by atoms with Crippen LogP contribution in [-0.4, -0.2) is 36.1 Å². The SMILES string of the molecule is CCOC(=O)COc1c(Br)cc(/C=C(\C#N)c2nn(-c3ccccc3)c(N)c2C#N)cc1OC. The lowest BCUT2D eigenvalue weighted by molar-refractivity contribution is -0.145. The van der Waals surface area contributed by atoms with Crippen molar-refractivity contribution in [1.82, 2.24) is 9.78 Å². The third-order valence-corrected chi connectivity index (χ3v) is 5.20. The predicted molar refractivity (Wildman–Crippen MR) is 129 cm³/mol. The molecule has 2 aromatic carbocycles. The number of hydrogen-bond donors (Lipinski definition) is 1. The number of esters is 1. The average molecular weight is 522 g/mol. The van der Waals surface area contributed by atoms with E-state index in [2.05, 4.69) is 27.1 Å². The maximum absolute atomic E-state index is 11.6. The monoisotopic (exact) mass is 521 g/mol. The normalized spacial score (nSPS) is 10.8. The summed E-state index contributed by atoms with van der Waals surface area (Å²) in [5.74, 6) is 0.257. The number of benzene rings is 2. The molecule has 0 aliphatic rings. The third-order valence-electron chi connectivity index (χ3n) is 4.61. The Hall–Kier alpha value is -4.28. The van der Waals surface area contributed by atoms with Crippen LogP contribution in [0.25, 0.3) is 17.3 Å². The lowest BCUT2D eigenvalue weighted by atomic mass is 10.1. The lowest BCUT2D eigenvalue weighted by Gasteiger charge is -2.13. The molecule has 0 unspecified atom stereocenters. The predicted octanol–water partition coefficient (Wildman–Crippen LogP) is 4.10. The fourth-order valence-corrected chi connectivity index (χ4v) is 3.69. The number of aromatic nitrogens is 2. The molecule has 0 bridgehead atoms. The Kier molecular flexibility index (Phi) is 7.91. The van der Waals surface area contributed by atoms with Gasteiger partial charge in [0.2, 0.25) is 0 Å². The summed E-state index contributed by atoms with van der Waals surface area (Å²) >= 11 is 3.41. The number of ether oxygens (including phenoxy) is 3. The molecule has 9 nitrogen and oxygen atoms in total. The van der Waals surface area contributed by atoms with Gasteiger partial charge < -0.3 is 19.9 Å². The van der Waals surface area contributed by atoms with Crippen molar-refractivity contribution in [3.05, 3.63) is 63.8 Å². The first-order valence-electron chi connectivity index (χ1n) is 10.1. The number of para-hydroxylation sites is 1. The fraction of sp³-hybridized carbons (Fsp3) is 0.167. The molecular weight excluding hydrogens is 502 g/mol. The summed E-state index contributed by atoms with van der Waals surface area (Å²) in [6.07, 6.45) is 1.56. The number of methoxy groups -OCH3 is 1. The molecule has 0 fully saturated rings. The van der Waals surface area contributed by atoms with E-state index in [9.17, 15) is 15.3 Å². The quantitative estimate of drug-likeness (QED) is 0.345. The van der Waals surface area contributed by atoms with Crippen LogP contribution in [0.1, 0.15) is 23.7 Å². The smallest absolute Gasteiger partial charge is 0.344 e. The lowest BCUT2D eigenvalue weighted by Crippen LogP contribution is -2.15. The van der Waals surface area contributed by atoms with Crippen molar-refractivity contribution < 1.29 is 19.0 Å². The van der Waals surface area contributed by atoms with E-state index in [1.54, 1.807) is 37.3 Å². The minimum atomic E-state index is -0.511. The van der Waals surface area contributed by atoms with Crippen molar-refractivity contribution in [2.24, 2.45) is 0 Å². The molecule has 0 aliphatic heterocycles. The minimum Gasteiger partial charge on any atom is -0.493 e. The molecule has 3 aromatic rings. The summed E-state index contributed by atoms with van der Waals surface area (Å²) in [5, 5.41) is 23.9. The molecule has 0 amide bonds. The highest BCUT2D eigenvalue weighted by Gasteiger charge is 2.21. The molecule has 0 radical (unpaired) electrons. The van der Waals surface area contributed by atoms with Gasteiger partial charge in [0.05, 0.1) is 29.4 Å². The number of nitrogen functional groups attached to an aromatic ring is 1. The van der Waals surface area contributed by atoms with Crippen LogP contribution in [0.4, 0.5) is 5.82 Å². The van der Waals surface area contributed by atoms with Crippen molar-refractivity contribution in [2.75, 3.05) is 26.1 Å². The second-order valence-corrected chi connectivity index (χ2v) is 7.62. The largest absolute Gasteiger partial charge is 0.493 e. The van der Waals surface area contributed by atoms with Crippen molar-refractivity contribution >= 4 is 39.4 Å². The van der Waals surface area contributed by atoms with Crippen LogP contribution < -0.4 is 15.2 Å². The van der Waals surface area contributed by atoms with E-state index in [4.69, 9.17) is 19.9 Å². The van der Waals surface area contributed by atoms with Gasteiger partial charge in [0.1, 0.15) is 29.2 Å². The summed E-state index contributed by atoms with van der Waals surface area (Å²) in [4.78, 5) is 11.6. The third kappa shape index (κ3) is 5.20. The Morgan fingerprint density at radius 2 is 2.00 bits per heavy atom. The number of nitrogens with two attached hydrogens (primary N) is 1. The Labute approximate surface area is 204 Å². The van der Waals surface area contributed by atoms with Gasteiger partial charge in [-0.1, -0.05) is 18.2 Å². The van der Waals surface area contributed by atoms with Gasteiger partial charge in [-0.15, -0.1) is 0 Å². The van der Waals surface area contributed by atoms with Gasteiger partial charge in [0, 0.05) is 0 Å². The van der Waals surface area contributed by atoms with Gasteiger partial charge in [-0.2, -0.15) is 15.6 Å². The van der Waals surface area contributed by atoms with E-state index < -0.39 is 5.97 Å². The number of carbonyl (C=O) groups excluding carboxylic acids is 1. The van der Waals surface area contributed by atoms with E-state index in [0.717, 1.165) is 0 Å². The number of allylic oxidation sites excluding steroid dienone is 1. The second kappa shape index (κ2) is 11.0. The fourth-order valence-electron chi connectivity index (χ4n) is 3.11. The number of nitrogens with zero attached hydrogens (tertiary/aromatic N) is 4. The van der Waals surface area contributed by atoms with Gasteiger partial charge in [0.15, 0.2) is 18.1 Å². The molecule has 1 aromatic heterocycles. The molecule has 10 heteroatoms. The molecule has 172 valence electrons. The van der Waals surface area contributed by atoms with Gasteiger partial charge in [0.25, 0.3) is 0 Å². The van der Waals surface area contributed by atoms with Gasteiger partial charge in [-0.3, -0.25) is 0 Å². The van der Waals surface area contributed by atoms with Crippen molar-refractivity contribution in [2.45, 2.75) is 6.92 Å². The standard InChI is InChI=1S/C24H20BrN5O4/c1-3-33-21(31)14-34-23-19(25)10-15(11-20(23)32-2)9-16(12-26)22-18(13-27)24(28)30(29-22)17-7-5-4-6-8-17/h4-11H,3,14,28H2,1-2H3/b16-9+. The van der Waals surface area contributed by atoms with Crippen molar-refractivity contribution in [3.8, 4) is 29.3 Å². The Morgan fingerprint density at radius 1 is 1.26 bits per heavy atom. The Morgan fingerprint density at radius 3 is 2.62 bits per heavy atom. The molecule has 0 atom stereocenters. The van der Waals surface area contributed by atoms with Crippen LogP contribution in [0, 0.1) is 22.7 Å². The first-order valence-corrected chi connectivity index (χ1v) is 10.8. The summed E-state index contributed by atoms with van der Waals surface area (Å²) < 4.78 is 17.7. The molecule has 0 aliphatic carbocycles. The summed E-state index contributed by atoms with van der Waals surface area (Å²) in [7, 11) is 1.45. The molecule has 0 spiro atoms. The van der Waals surface area contributed by atoms with Crippen molar-refractivity contribution in [1.29, 1.82) is 10.5 Å². The summed E-state index contributed by atoms with van der Waals surface area (Å²) in [6, 6.07) is 16.5. The highest BCUT2D eigenvalue weighted by molar-refractivity contribution is 9.10. The van der Waals surface area contributed by atoms with E-state index in [1.165, 1.54) is 11.8 Å². The van der Waals surface area contributed by atoms with E-state index in [0.29, 0.717) is 27.2 Å². The zero-order chi connectivity index (χ0) is 24.7. The van der Waals surface area contributed by atoms with Crippen molar-refractivity contribution in [3.63, 3.8) is 0 Å². The van der Waals surface area contributed by atoms with Crippen LogP contribution in [0.2, 0.25) is 0 Å². The first-order chi connectivity index (χ1) is 16.4. The van der Waals surface area contributed by atoms with Gasteiger partial charge in [-0.25, -0.2) is 9.48 Å². The molecule has 1 heterocycles. The number of nitriles is 2. The Bertz CT molecular complexity index is 1320. The molecule has 34 heavy (non-hydrogen) atoms. The second-order valence-electron chi connectivity index (χ2n) is 6.77. The van der Waals surface area contributed by atoms with Gasteiger partial charge >= 0.3 is 5.97 Å². The maximum Gasteiger partial charge on any atom is 0.344 e. The van der Waals surface area contributed by atoms with E-state index in [1.807, 2.05) is 24.3 Å². The van der Waals surface area contributed by atoms with Gasteiger partial charge in [-0.05, 0) is 58.8 Å². The minimum absolute atomic E-state index is 0.0945. The maximum atomic E-state index is 11.6. The highest BCUT2D eigenvalue weighted by Crippen LogP contribution is 2.38. The zero-order valence-electron chi connectivity index (χ0n) is 18.4. The first kappa shape index (κ1) is 24.4.